The first-order chi connectivity index (χ1) is 8.25. The molecule has 17 heavy (non-hydrogen) atoms. The van der Waals surface area contributed by atoms with E-state index in [9.17, 15) is 9.50 Å². The molecule has 2 unspecified atom stereocenters. The fraction of sp³-hybridized carbons (Fsp3) is 0.200. The van der Waals surface area contributed by atoms with Crippen LogP contribution in [0.2, 0.25) is 0 Å². The maximum Gasteiger partial charge on any atom is 0.123 e. The van der Waals surface area contributed by atoms with Gasteiger partial charge in [-0.15, -0.1) is 0 Å². The van der Waals surface area contributed by atoms with Gasteiger partial charge in [0.15, 0.2) is 0 Å². The van der Waals surface area contributed by atoms with Gasteiger partial charge in [0, 0.05) is 5.92 Å². The Bertz CT molecular complexity index is 550. The van der Waals surface area contributed by atoms with Crippen molar-refractivity contribution in [2.45, 2.75) is 18.4 Å². The van der Waals surface area contributed by atoms with Crippen LogP contribution >= 0.6 is 0 Å². The van der Waals surface area contributed by atoms with Gasteiger partial charge in [-0.3, -0.25) is 0 Å². The zero-order valence-corrected chi connectivity index (χ0v) is 9.31. The molecular weight excluding hydrogens is 215 g/mol. The lowest BCUT2D eigenvalue weighted by atomic mass is 9.73. The second kappa shape index (κ2) is 3.97. The molecule has 0 heterocycles. The molecule has 0 amide bonds. The molecule has 1 aliphatic carbocycles. The lowest BCUT2D eigenvalue weighted by molar-refractivity contribution is 0.134. The summed E-state index contributed by atoms with van der Waals surface area (Å²) in [6.45, 7) is 0. The Morgan fingerprint density at radius 2 is 1.94 bits per heavy atom. The molecule has 0 saturated carbocycles. The Morgan fingerprint density at radius 3 is 2.71 bits per heavy atom. The molecule has 0 bridgehead atoms. The van der Waals surface area contributed by atoms with Gasteiger partial charge in [-0.1, -0.05) is 36.4 Å². The van der Waals surface area contributed by atoms with Crippen molar-refractivity contribution in [3.8, 4) is 0 Å². The van der Waals surface area contributed by atoms with Gasteiger partial charge >= 0.3 is 0 Å². The van der Waals surface area contributed by atoms with Crippen molar-refractivity contribution in [1.82, 2.24) is 0 Å². The Labute approximate surface area is 99.5 Å². The SMILES string of the molecule is OC(c1cccc(F)c1)C1Cc2ccccc21. The molecule has 86 valence electrons. The molecule has 2 aromatic rings. The van der Waals surface area contributed by atoms with E-state index in [4.69, 9.17) is 0 Å². The van der Waals surface area contributed by atoms with Crippen molar-refractivity contribution >= 4 is 0 Å². The molecule has 1 N–H and O–H groups in total. The van der Waals surface area contributed by atoms with Gasteiger partial charge in [-0.2, -0.15) is 0 Å². The van der Waals surface area contributed by atoms with Gasteiger partial charge in [0.05, 0.1) is 6.10 Å². The Hall–Kier alpha value is -1.67. The zero-order chi connectivity index (χ0) is 11.8. The van der Waals surface area contributed by atoms with Crippen LogP contribution in [0.15, 0.2) is 48.5 Å². The van der Waals surface area contributed by atoms with Crippen molar-refractivity contribution < 1.29 is 9.50 Å². The third-order valence-corrected chi connectivity index (χ3v) is 3.47. The third-order valence-electron chi connectivity index (χ3n) is 3.47. The van der Waals surface area contributed by atoms with E-state index >= 15 is 0 Å². The van der Waals surface area contributed by atoms with Crippen LogP contribution in [0.25, 0.3) is 0 Å². The van der Waals surface area contributed by atoms with Crippen molar-refractivity contribution in [3.05, 3.63) is 71.0 Å². The van der Waals surface area contributed by atoms with E-state index in [-0.39, 0.29) is 11.7 Å². The second-order valence-corrected chi connectivity index (χ2v) is 4.51. The summed E-state index contributed by atoms with van der Waals surface area (Å²) in [6, 6.07) is 14.3. The van der Waals surface area contributed by atoms with E-state index in [1.54, 1.807) is 12.1 Å². The first-order valence-corrected chi connectivity index (χ1v) is 5.77. The van der Waals surface area contributed by atoms with Gasteiger partial charge in [0.2, 0.25) is 0 Å². The van der Waals surface area contributed by atoms with Crippen molar-refractivity contribution in [2.24, 2.45) is 0 Å². The summed E-state index contributed by atoms with van der Waals surface area (Å²) in [5.41, 5.74) is 3.13. The Kier molecular flexibility index (Phi) is 2.45. The van der Waals surface area contributed by atoms with Gasteiger partial charge < -0.3 is 5.11 Å². The number of hydrogen-bond donors (Lipinski definition) is 1. The first-order valence-electron chi connectivity index (χ1n) is 5.77. The number of aliphatic hydroxyl groups is 1. The predicted molar refractivity (Wildman–Crippen MR) is 64.2 cm³/mol. The van der Waals surface area contributed by atoms with Crippen molar-refractivity contribution in [1.29, 1.82) is 0 Å². The van der Waals surface area contributed by atoms with Crippen molar-refractivity contribution in [2.75, 3.05) is 0 Å². The summed E-state index contributed by atoms with van der Waals surface area (Å²) in [5.74, 6) is -0.192. The zero-order valence-electron chi connectivity index (χ0n) is 9.31. The highest BCUT2D eigenvalue weighted by atomic mass is 19.1. The molecule has 0 saturated heterocycles. The lowest BCUT2D eigenvalue weighted by Gasteiger charge is -2.34. The van der Waals surface area contributed by atoms with Gasteiger partial charge in [-0.05, 0) is 35.2 Å². The second-order valence-electron chi connectivity index (χ2n) is 4.51. The van der Waals surface area contributed by atoms with Crippen LogP contribution in [-0.2, 0) is 6.42 Å². The van der Waals surface area contributed by atoms with Gasteiger partial charge in [0.25, 0.3) is 0 Å². The standard InChI is InChI=1S/C15H13FO/c16-12-6-3-5-11(8-12)15(17)14-9-10-4-1-2-7-13(10)14/h1-8,14-15,17H,9H2. The first kappa shape index (κ1) is 10.5. The molecule has 1 nitrogen and oxygen atoms in total. The largest absolute Gasteiger partial charge is 0.388 e. The van der Waals surface area contributed by atoms with Gasteiger partial charge in [-0.25, -0.2) is 4.39 Å². The number of halogens is 1. The molecule has 0 fully saturated rings. The van der Waals surface area contributed by atoms with Crippen LogP contribution in [0.3, 0.4) is 0 Å². The van der Waals surface area contributed by atoms with E-state index in [1.807, 2.05) is 18.2 Å². The van der Waals surface area contributed by atoms with Crippen LogP contribution in [0.1, 0.15) is 28.7 Å². The molecule has 2 atom stereocenters. The number of aliphatic hydroxyl groups excluding tert-OH is 1. The number of fused-ring (bicyclic) bond motifs is 1. The molecule has 0 aliphatic heterocycles. The molecular formula is C15H13FO. The van der Waals surface area contributed by atoms with Gasteiger partial charge in [0.1, 0.15) is 5.82 Å². The highest BCUT2D eigenvalue weighted by molar-refractivity contribution is 5.42. The van der Waals surface area contributed by atoms with Crippen LogP contribution in [-0.4, -0.2) is 5.11 Å². The molecule has 1 aliphatic rings. The minimum atomic E-state index is -0.611. The third kappa shape index (κ3) is 1.75. The Morgan fingerprint density at radius 1 is 1.12 bits per heavy atom. The molecule has 0 spiro atoms. The minimum absolute atomic E-state index is 0.105. The quantitative estimate of drug-likeness (QED) is 0.836. The lowest BCUT2D eigenvalue weighted by Crippen LogP contribution is -2.23. The maximum atomic E-state index is 13.1. The van der Waals surface area contributed by atoms with Crippen LogP contribution in [0, 0.1) is 5.82 Å². The van der Waals surface area contributed by atoms with E-state index in [2.05, 4.69) is 6.07 Å². The van der Waals surface area contributed by atoms with Crippen molar-refractivity contribution in [3.63, 3.8) is 0 Å². The van der Waals surface area contributed by atoms with Crippen LogP contribution < -0.4 is 0 Å². The molecule has 0 aromatic heterocycles. The molecule has 2 aromatic carbocycles. The summed E-state index contributed by atoms with van der Waals surface area (Å²) in [6.07, 6.45) is 0.258. The maximum absolute atomic E-state index is 13.1. The monoisotopic (exact) mass is 228 g/mol. The van der Waals surface area contributed by atoms with E-state index in [0.717, 1.165) is 6.42 Å². The predicted octanol–water partition coefficient (Wildman–Crippen LogP) is 3.20. The average molecular weight is 228 g/mol. The Balaban J connectivity index is 1.88. The van der Waals surface area contributed by atoms with E-state index < -0.39 is 6.10 Å². The fourth-order valence-corrected chi connectivity index (χ4v) is 2.50. The van der Waals surface area contributed by atoms with Crippen LogP contribution in [0.5, 0.6) is 0 Å². The summed E-state index contributed by atoms with van der Waals surface area (Å²) < 4.78 is 13.1. The van der Waals surface area contributed by atoms with E-state index in [1.165, 1.54) is 23.3 Å². The van der Waals surface area contributed by atoms with Crippen LogP contribution in [0.4, 0.5) is 4.39 Å². The fourth-order valence-electron chi connectivity index (χ4n) is 2.50. The van der Waals surface area contributed by atoms with E-state index in [0.29, 0.717) is 5.56 Å². The summed E-state index contributed by atoms with van der Waals surface area (Å²) in [4.78, 5) is 0. The topological polar surface area (TPSA) is 20.2 Å². The number of benzene rings is 2. The highest BCUT2D eigenvalue weighted by Gasteiger charge is 2.32. The highest BCUT2D eigenvalue weighted by Crippen LogP contribution is 2.43. The molecule has 2 heteroatoms. The summed E-state index contributed by atoms with van der Waals surface area (Å²) in [7, 11) is 0. The smallest absolute Gasteiger partial charge is 0.123 e. The molecule has 0 radical (unpaired) electrons. The molecule has 3 rings (SSSR count). The summed E-state index contributed by atoms with van der Waals surface area (Å²) in [5, 5.41) is 10.2. The number of hydrogen-bond acceptors (Lipinski definition) is 1. The normalized spacial score (nSPS) is 19.3. The minimum Gasteiger partial charge on any atom is -0.388 e. The summed E-state index contributed by atoms with van der Waals surface area (Å²) >= 11 is 0. The average Bonchev–Trinajstić information content (AvgIpc) is 2.30. The number of rotatable bonds is 2.